The number of carbonyl (C=O) groups excluding carboxylic acids is 1. The zero-order valence-electron chi connectivity index (χ0n) is 15.8. The van der Waals surface area contributed by atoms with E-state index in [1.165, 1.54) is 12.1 Å². The number of imidazole rings is 1. The number of hydrogen-bond acceptors (Lipinski definition) is 2. The summed E-state index contributed by atoms with van der Waals surface area (Å²) in [5.74, 6) is 0.155. The third kappa shape index (κ3) is 4.58. The second-order valence-electron chi connectivity index (χ2n) is 6.77. The maximum Gasteiger partial charge on any atom is 0.229 e. The highest BCUT2D eigenvalue weighted by molar-refractivity contribution is 5.94. The predicted octanol–water partition coefficient (Wildman–Crippen LogP) is 4.92. The van der Waals surface area contributed by atoms with Crippen LogP contribution in [0.5, 0.6) is 0 Å². The van der Waals surface area contributed by atoms with Gasteiger partial charge in [0.25, 0.3) is 0 Å². The quantitative estimate of drug-likeness (QED) is 0.512. The van der Waals surface area contributed by atoms with Crippen LogP contribution in [0.25, 0.3) is 11.3 Å². The summed E-state index contributed by atoms with van der Waals surface area (Å²) in [5, 5.41) is 3.01. The van der Waals surface area contributed by atoms with Gasteiger partial charge in [-0.25, -0.2) is 9.37 Å². The number of anilines is 1. The van der Waals surface area contributed by atoms with E-state index in [4.69, 9.17) is 0 Å². The van der Waals surface area contributed by atoms with Crippen molar-refractivity contribution >= 4 is 11.7 Å². The topological polar surface area (TPSA) is 46.9 Å². The molecule has 1 amide bonds. The minimum atomic E-state index is -0.313. The van der Waals surface area contributed by atoms with Gasteiger partial charge in [-0.05, 0) is 35.4 Å². The molecular formula is C24H20FN3O. The van der Waals surface area contributed by atoms with Crippen LogP contribution in [0.1, 0.15) is 11.1 Å². The normalized spacial score (nSPS) is 10.7. The number of carbonyl (C=O) groups is 1. The first-order valence-electron chi connectivity index (χ1n) is 9.38. The van der Waals surface area contributed by atoms with Gasteiger partial charge in [0.15, 0.2) is 0 Å². The monoisotopic (exact) mass is 385 g/mol. The Bertz CT molecular complexity index is 1090. The van der Waals surface area contributed by atoms with Gasteiger partial charge in [-0.3, -0.25) is 4.79 Å². The van der Waals surface area contributed by atoms with E-state index < -0.39 is 0 Å². The average Bonchev–Trinajstić information content (AvgIpc) is 3.12. The summed E-state index contributed by atoms with van der Waals surface area (Å²) < 4.78 is 15.3. The van der Waals surface area contributed by atoms with Crippen LogP contribution >= 0.6 is 0 Å². The highest BCUT2D eigenvalue weighted by Gasteiger charge is 2.16. The minimum Gasteiger partial charge on any atom is -0.312 e. The maximum atomic E-state index is 13.4. The smallest absolute Gasteiger partial charge is 0.229 e. The number of hydrogen-bond donors (Lipinski definition) is 1. The van der Waals surface area contributed by atoms with Crippen LogP contribution in [0.4, 0.5) is 10.2 Å². The fourth-order valence-electron chi connectivity index (χ4n) is 3.19. The Balaban J connectivity index is 1.65. The van der Waals surface area contributed by atoms with Gasteiger partial charge in [-0.2, -0.15) is 0 Å². The Morgan fingerprint density at radius 3 is 2.14 bits per heavy atom. The van der Waals surface area contributed by atoms with E-state index in [-0.39, 0.29) is 18.1 Å². The van der Waals surface area contributed by atoms with E-state index >= 15 is 0 Å². The predicted molar refractivity (Wildman–Crippen MR) is 112 cm³/mol. The molecule has 0 saturated heterocycles. The first-order valence-corrected chi connectivity index (χ1v) is 9.38. The number of rotatable bonds is 6. The van der Waals surface area contributed by atoms with Gasteiger partial charge < -0.3 is 9.88 Å². The summed E-state index contributed by atoms with van der Waals surface area (Å²) in [5.41, 5.74) is 3.38. The summed E-state index contributed by atoms with van der Waals surface area (Å²) in [6.45, 7) is 0.565. The Hall–Kier alpha value is -3.73. The van der Waals surface area contributed by atoms with Crippen molar-refractivity contribution in [2.24, 2.45) is 0 Å². The van der Waals surface area contributed by atoms with Gasteiger partial charge in [0.1, 0.15) is 17.3 Å². The van der Waals surface area contributed by atoms with Gasteiger partial charge in [0, 0.05) is 5.56 Å². The van der Waals surface area contributed by atoms with Crippen molar-refractivity contribution in [1.29, 1.82) is 0 Å². The zero-order chi connectivity index (χ0) is 20.1. The third-order valence-electron chi connectivity index (χ3n) is 4.62. The molecule has 0 aliphatic heterocycles. The van der Waals surface area contributed by atoms with Crippen molar-refractivity contribution in [1.82, 2.24) is 9.55 Å². The van der Waals surface area contributed by atoms with E-state index in [1.807, 2.05) is 65.2 Å². The van der Waals surface area contributed by atoms with Crippen molar-refractivity contribution in [3.63, 3.8) is 0 Å². The van der Waals surface area contributed by atoms with Gasteiger partial charge in [-0.15, -0.1) is 0 Å². The highest BCUT2D eigenvalue weighted by Crippen LogP contribution is 2.28. The van der Waals surface area contributed by atoms with Gasteiger partial charge in [0.05, 0.1) is 19.3 Å². The summed E-state index contributed by atoms with van der Waals surface area (Å²) in [6, 6.07) is 25.6. The average molecular weight is 385 g/mol. The molecule has 4 aromatic rings. The standard InChI is InChI=1S/C24H20FN3O/c25-21-13-11-20(12-14-21)23-24(27-22(29)15-18-7-3-1-4-8-18)28(17-26-23)16-19-9-5-2-6-10-19/h1-14,17H,15-16H2,(H,27,29). The molecule has 0 saturated carbocycles. The molecule has 0 radical (unpaired) electrons. The highest BCUT2D eigenvalue weighted by atomic mass is 19.1. The summed E-state index contributed by atoms with van der Waals surface area (Å²) in [4.78, 5) is 17.2. The third-order valence-corrected chi connectivity index (χ3v) is 4.62. The first-order chi connectivity index (χ1) is 14.2. The van der Waals surface area contributed by atoms with Crippen LogP contribution in [-0.2, 0) is 17.8 Å². The second kappa shape index (κ2) is 8.52. The molecule has 0 aliphatic rings. The Morgan fingerprint density at radius 1 is 0.862 bits per heavy atom. The lowest BCUT2D eigenvalue weighted by Crippen LogP contribution is -2.18. The fraction of sp³-hybridized carbons (Fsp3) is 0.0833. The van der Waals surface area contributed by atoms with E-state index in [1.54, 1.807) is 18.5 Å². The van der Waals surface area contributed by atoms with Crippen LogP contribution in [0.3, 0.4) is 0 Å². The summed E-state index contributed by atoms with van der Waals surface area (Å²) in [6.07, 6.45) is 1.96. The van der Waals surface area contributed by atoms with E-state index in [0.717, 1.165) is 16.7 Å². The molecule has 29 heavy (non-hydrogen) atoms. The van der Waals surface area contributed by atoms with Gasteiger partial charge in [0.2, 0.25) is 5.91 Å². The molecule has 0 spiro atoms. The lowest BCUT2D eigenvalue weighted by atomic mass is 10.1. The van der Waals surface area contributed by atoms with Crippen LogP contribution in [-0.4, -0.2) is 15.5 Å². The first kappa shape index (κ1) is 18.6. The van der Waals surface area contributed by atoms with Crippen LogP contribution in [0, 0.1) is 5.82 Å². The number of nitrogens with one attached hydrogen (secondary N) is 1. The second-order valence-corrected chi connectivity index (χ2v) is 6.77. The molecular weight excluding hydrogens is 365 g/mol. The number of halogens is 1. The van der Waals surface area contributed by atoms with Crippen LogP contribution < -0.4 is 5.32 Å². The summed E-state index contributed by atoms with van der Waals surface area (Å²) >= 11 is 0. The van der Waals surface area contributed by atoms with Crippen molar-refractivity contribution in [2.75, 3.05) is 5.32 Å². The molecule has 0 aliphatic carbocycles. The molecule has 3 aromatic carbocycles. The molecule has 1 heterocycles. The number of amides is 1. The molecule has 0 bridgehead atoms. The van der Waals surface area contributed by atoms with Crippen molar-refractivity contribution in [3.8, 4) is 11.3 Å². The molecule has 4 nitrogen and oxygen atoms in total. The van der Waals surface area contributed by atoms with Crippen molar-refractivity contribution in [2.45, 2.75) is 13.0 Å². The lowest BCUT2D eigenvalue weighted by molar-refractivity contribution is -0.115. The van der Waals surface area contributed by atoms with E-state index in [9.17, 15) is 9.18 Å². The van der Waals surface area contributed by atoms with Crippen LogP contribution in [0.2, 0.25) is 0 Å². The number of nitrogens with zero attached hydrogens (tertiary/aromatic N) is 2. The Kier molecular flexibility index (Phi) is 5.47. The summed E-state index contributed by atoms with van der Waals surface area (Å²) in [7, 11) is 0. The molecule has 144 valence electrons. The number of benzene rings is 3. The molecule has 5 heteroatoms. The largest absolute Gasteiger partial charge is 0.312 e. The molecule has 4 rings (SSSR count). The Labute approximate surface area is 168 Å². The maximum absolute atomic E-state index is 13.4. The number of aromatic nitrogens is 2. The SMILES string of the molecule is O=C(Cc1ccccc1)Nc1c(-c2ccc(F)cc2)ncn1Cc1ccccc1. The zero-order valence-corrected chi connectivity index (χ0v) is 15.8. The molecule has 1 aromatic heterocycles. The Morgan fingerprint density at radius 2 is 1.48 bits per heavy atom. The van der Waals surface area contributed by atoms with E-state index in [2.05, 4.69) is 10.3 Å². The molecule has 0 fully saturated rings. The van der Waals surface area contributed by atoms with E-state index in [0.29, 0.717) is 18.1 Å². The fourth-order valence-corrected chi connectivity index (χ4v) is 3.19. The van der Waals surface area contributed by atoms with Crippen LogP contribution in [0.15, 0.2) is 91.3 Å². The lowest BCUT2D eigenvalue weighted by Gasteiger charge is -2.12. The van der Waals surface area contributed by atoms with Crippen molar-refractivity contribution in [3.05, 3.63) is 108 Å². The van der Waals surface area contributed by atoms with Crippen molar-refractivity contribution < 1.29 is 9.18 Å². The molecule has 0 unspecified atom stereocenters. The molecule has 1 N–H and O–H groups in total. The molecule has 0 atom stereocenters. The van der Waals surface area contributed by atoms with Gasteiger partial charge >= 0.3 is 0 Å². The minimum absolute atomic E-state index is 0.130. The van der Waals surface area contributed by atoms with Gasteiger partial charge in [-0.1, -0.05) is 60.7 Å².